The minimum atomic E-state index is -0.963. The van der Waals surface area contributed by atoms with Gasteiger partial charge in [0.25, 0.3) is 0 Å². The molecule has 0 rings (SSSR count). The monoisotopic (exact) mass is 209 g/mol. The third-order valence-corrected chi connectivity index (χ3v) is 1.42. The Kier molecular flexibility index (Phi) is 8.37. The highest BCUT2D eigenvalue weighted by Gasteiger charge is 2.06. The largest absolute Gasteiger partial charge is 0.480 e. The first-order valence-electron chi connectivity index (χ1n) is 4.25. The van der Waals surface area contributed by atoms with Crippen molar-refractivity contribution in [2.75, 3.05) is 5.88 Å². The highest BCUT2D eigenvalue weighted by molar-refractivity contribution is 6.17. The lowest BCUT2D eigenvalue weighted by atomic mass is 9.94. The molecular weight excluding hydrogens is 190 g/mol. The molecule has 0 radical (unpaired) electrons. The van der Waals surface area contributed by atoms with Gasteiger partial charge in [-0.3, -0.25) is 4.79 Å². The summed E-state index contributed by atoms with van der Waals surface area (Å²) in [4.78, 5) is 9.57. The van der Waals surface area contributed by atoms with Crippen molar-refractivity contribution < 1.29 is 9.90 Å². The summed E-state index contributed by atoms with van der Waals surface area (Å²) in [6.45, 7) is 7.99. The fourth-order valence-corrected chi connectivity index (χ4v) is 0.850. The molecule has 80 valence electrons. The molecule has 3 N–H and O–H groups in total. The topological polar surface area (TPSA) is 63.3 Å². The predicted octanol–water partition coefficient (Wildman–Crippen LogP) is 2.08. The second kappa shape index (κ2) is 7.15. The number of carbonyl (C=O) groups is 1. The van der Waals surface area contributed by atoms with Crippen molar-refractivity contribution in [2.45, 2.75) is 40.2 Å². The first-order valence-corrected chi connectivity index (χ1v) is 4.78. The normalized spacial score (nSPS) is 12.8. The van der Waals surface area contributed by atoms with Gasteiger partial charge in [0, 0.05) is 5.88 Å². The zero-order chi connectivity index (χ0) is 11.1. The van der Waals surface area contributed by atoms with E-state index in [1.807, 2.05) is 0 Å². The van der Waals surface area contributed by atoms with Crippen molar-refractivity contribution in [3.63, 3.8) is 0 Å². The van der Waals surface area contributed by atoms with Crippen LogP contribution in [0.4, 0.5) is 0 Å². The summed E-state index contributed by atoms with van der Waals surface area (Å²) in [6.07, 6.45) is 1.11. The van der Waals surface area contributed by atoms with Crippen LogP contribution in [0, 0.1) is 5.41 Å². The van der Waals surface area contributed by atoms with Crippen LogP contribution in [-0.4, -0.2) is 23.0 Å². The van der Waals surface area contributed by atoms with Gasteiger partial charge in [0.1, 0.15) is 6.04 Å². The van der Waals surface area contributed by atoms with Crippen LogP contribution in [0.5, 0.6) is 0 Å². The van der Waals surface area contributed by atoms with Crippen molar-refractivity contribution in [3.8, 4) is 0 Å². The molecule has 1 atom stereocenters. The molecule has 0 spiro atoms. The third-order valence-electron chi connectivity index (χ3n) is 1.23. The summed E-state index contributed by atoms with van der Waals surface area (Å²) < 4.78 is 0. The van der Waals surface area contributed by atoms with Crippen LogP contribution in [0.3, 0.4) is 0 Å². The summed E-state index contributed by atoms with van der Waals surface area (Å²) in [5, 5.41) is 7.87. The number of alkyl halides is 1. The number of carboxylic acids is 1. The minimum absolute atomic E-state index is 0.418. The van der Waals surface area contributed by atoms with Crippen LogP contribution in [0.1, 0.15) is 34.1 Å². The van der Waals surface area contributed by atoms with Crippen molar-refractivity contribution in [2.24, 2.45) is 11.1 Å². The fourth-order valence-electron chi connectivity index (χ4n) is 0.283. The van der Waals surface area contributed by atoms with Crippen molar-refractivity contribution in [1.82, 2.24) is 0 Å². The first kappa shape index (κ1) is 15.2. The third kappa shape index (κ3) is 18.6. The molecule has 0 saturated heterocycles. The fraction of sp³-hybridized carbons (Fsp3) is 0.889. The summed E-state index contributed by atoms with van der Waals surface area (Å²) >= 11 is 5.49. The molecule has 0 saturated carbocycles. The molecule has 4 heteroatoms. The number of rotatable bonds is 2. The van der Waals surface area contributed by atoms with Gasteiger partial charge in [-0.05, 0) is 18.8 Å². The second-order valence-electron chi connectivity index (χ2n) is 4.13. The van der Waals surface area contributed by atoms with Crippen LogP contribution in [0.15, 0.2) is 0 Å². The van der Waals surface area contributed by atoms with Crippen LogP contribution < -0.4 is 5.73 Å². The van der Waals surface area contributed by atoms with Gasteiger partial charge in [-0.25, -0.2) is 0 Å². The number of halogens is 1. The van der Waals surface area contributed by atoms with Crippen LogP contribution >= 0.6 is 11.6 Å². The van der Waals surface area contributed by atoms with Crippen LogP contribution in [-0.2, 0) is 4.79 Å². The van der Waals surface area contributed by atoms with E-state index in [2.05, 4.69) is 20.8 Å². The van der Waals surface area contributed by atoms with E-state index in [9.17, 15) is 4.79 Å². The lowest BCUT2D eigenvalue weighted by molar-refractivity contribution is -0.138. The number of aliphatic carboxylic acids is 1. The number of hydrogen-bond acceptors (Lipinski definition) is 2. The SMILES string of the molecule is CC(C)(C)CCCl.CC(N)C(=O)O. The maximum absolute atomic E-state index is 9.57. The van der Waals surface area contributed by atoms with Crippen LogP contribution in [0.25, 0.3) is 0 Å². The quantitative estimate of drug-likeness (QED) is 0.685. The molecule has 0 aliphatic carbocycles. The molecule has 13 heavy (non-hydrogen) atoms. The zero-order valence-electron chi connectivity index (χ0n) is 8.80. The number of nitrogens with two attached hydrogens (primary N) is 1. The Bertz CT molecular complexity index is 141. The Morgan fingerprint density at radius 3 is 1.85 bits per heavy atom. The van der Waals surface area contributed by atoms with E-state index in [1.165, 1.54) is 6.92 Å². The van der Waals surface area contributed by atoms with Gasteiger partial charge in [-0.2, -0.15) is 0 Å². The molecule has 0 fully saturated rings. The van der Waals surface area contributed by atoms with E-state index in [0.29, 0.717) is 5.41 Å². The van der Waals surface area contributed by atoms with Gasteiger partial charge in [0.05, 0.1) is 0 Å². The molecule has 0 amide bonds. The Labute approximate surface area is 85.3 Å². The van der Waals surface area contributed by atoms with Crippen molar-refractivity contribution >= 4 is 17.6 Å². The van der Waals surface area contributed by atoms with Crippen molar-refractivity contribution in [3.05, 3.63) is 0 Å². The number of carboxylic acid groups (broad SMARTS) is 1. The Balaban J connectivity index is 0. The maximum Gasteiger partial charge on any atom is 0.320 e. The molecule has 0 aromatic heterocycles. The Hall–Kier alpha value is -0.280. The van der Waals surface area contributed by atoms with E-state index in [4.69, 9.17) is 22.4 Å². The Morgan fingerprint density at radius 1 is 1.54 bits per heavy atom. The van der Waals surface area contributed by atoms with Crippen molar-refractivity contribution in [1.29, 1.82) is 0 Å². The van der Waals surface area contributed by atoms with Gasteiger partial charge in [0.2, 0.25) is 0 Å². The number of hydrogen-bond donors (Lipinski definition) is 2. The standard InChI is InChI=1S/C6H13Cl.C3H7NO2/c1-6(2,3)4-5-7;1-2(4)3(5)6/h4-5H2,1-3H3;2H,4H2,1H3,(H,5,6). The Morgan fingerprint density at radius 2 is 1.85 bits per heavy atom. The van der Waals surface area contributed by atoms with E-state index in [-0.39, 0.29) is 0 Å². The minimum Gasteiger partial charge on any atom is -0.480 e. The van der Waals surface area contributed by atoms with E-state index in [1.54, 1.807) is 0 Å². The smallest absolute Gasteiger partial charge is 0.320 e. The molecule has 0 bridgehead atoms. The lowest BCUT2D eigenvalue weighted by Crippen LogP contribution is -2.25. The van der Waals surface area contributed by atoms with Gasteiger partial charge >= 0.3 is 5.97 Å². The first-order chi connectivity index (χ1) is 5.70. The summed E-state index contributed by atoms with van der Waals surface area (Å²) in [5.41, 5.74) is 5.25. The zero-order valence-corrected chi connectivity index (χ0v) is 9.56. The summed E-state index contributed by atoms with van der Waals surface area (Å²) in [5.74, 6) is -0.182. The highest BCUT2D eigenvalue weighted by atomic mass is 35.5. The molecule has 0 heterocycles. The molecule has 0 aromatic carbocycles. The predicted molar refractivity (Wildman–Crippen MR) is 56.1 cm³/mol. The molecule has 3 nitrogen and oxygen atoms in total. The summed E-state index contributed by atoms with van der Waals surface area (Å²) in [7, 11) is 0. The van der Waals surface area contributed by atoms with Gasteiger partial charge in [-0.15, -0.1) is 11.6 Å². The highest BCUT2D eigenvalue weighted by Crippen LogP contribution is 2.18. The molecule has 1 unspecified atom stereocenters. The van der Waals surface area contributed by atoms with E-state index in [0.717, 1.165) is 12.3 Å². The van der Waals surface area contributed by atoms with E-state index >= 15 is 0 Å². The maximum atomic E-state index is 9.57. The van der Waals surface area contributed by atoms with Gasteiger partial charge < -0.3 is 10.8 Å². The summed E-state index contributed by atoms with van der Waals surface area (Å²) in [6, 6.07) is -0.731. The average Bonchev–Trinajstić information content (AvgIpc) is 1.85. The van der Waals surface area contributed by atoms with Crippen LogP contribution in [0.2, 0.25) is 0 Å². The second-order valence-corrected chi connectivity index (χ2v) is 4.50. The molecular formula is C9H20ClNO2. The molecule has 0 aliphatic rings. The van der Waals surface area contributed by atoms with E-state index < -0.39 is 12.0 Å². The lowest BCUT2D eigenvalue weighted by Gasteiger charge is -2.14. The molecule has 0 aromatic rings. The van der Waals surface area contributed by atoms with Gasteiger partial charge in [0.15, 0.2) is 0 Å². The average molecular weight is 210 g/mol. The molecule has 0 aliphatic heterocycles. The van der Waals surface area contributed by atoms with Gasteiger partial charge in [-0.1, -0.05) is 20.8 Å².